The number of carbonyl (C=O) groups is 2. The molecule has 0 saturated carbocycles. The first-order valence-corrected chi connectivity index (χ1v) is 9.94. The Kier molecular flexibility index (Phi) is 5.43. The highest BCUT2D eigenvalue weighted by atomic mass is 16.5. The quantitative estimate of drug-likeness (QED) is 0.794. The minimum absolute atomic E-state index is 0.00566. The maximum atomic E-state index is 12.9. The molecular weight excluding hydrogens is 360 g/mol. The van der Waals surface area contributed by atoms with Crippen LogP contribution in [-0.4, -0.2) is 62.5 Å². The number of aryl methyl sites for hydroxylation is 1. The molecular formula is C19H26N6O3. The largest absolute Gasteiger partial charge is 0.376 e. The van der Waals surface area contributed by atoms with Crippen LogP contribution in [0.5, 0.6) is 0 Å². The van der Waals surface area contributed by atoms with Crippen LogP contribution in [0.4, 0.5) is 0 Å². The van der Waals surface area contributed by atoms with Crippen LogP contribution in [0.2, 0.25) is 0 Å². The molecule has 0 bridgehead atoms. The molecule has 0 atom stereocenters. The van der Waals surface area contributed by atoms with E-state index >= 15 is 0 Å². The fourth-order valence-electron chi connectivity index (χ4n) is 3.88. The summed E-state index contributed by atoms with van der Waals surface area (Å²) in [6.07, 6.45) is 4.45. The van der Waals surface area contributed by atoms with E-state index in [1.807, 2.05) is 16.5 Å². The first-order chi connectivity index (χ1) is 13.7. The highest BCUT2D eigenvalue weighted by molar-refractivity contribution is 5.94. The van der Waals surface area contributed by atoms with Gasteiger partial charge in [-0.25, -0.2) is 0 Å². The van der Waals surface area contributed by atoms with Gasteiger partial charge < -0.3 is 15.0 Å². The zero-order valence-electron chi connectivity index (χ0n) is 16.2. The van der Waals surface area contributed by atoms with E-state index in [1.54, 1.807) is 16.9 Å². The number of carbonyl (C=O) groups excluding carboxylic acids is 2. The number of fused-ring (bicyclic) bond motifs is 1. The zero-order valence-corrected chi connectivity index (χ0v) is 16.2. The number of nitrogens with one attached hydrogen (secondary N) is 1. The molecule has 9 nitrogen and oxygen atoms in total. The van der Waals surface area contributed by atoms with Crippen LogP contribution < -0.4 is 5.32 Å². The number of likely N-dealkylation sites (tertiary alicyclic amines) is 1. The lowest BCUT2D eigenvalue weighted by Crippen LogP contribution is -2.30. The van der Waals surface area contributed by atoms with E-state index in [1.165, 1.54) is 0 Å². The Labute approximate surface area is 163 Å². The smallest absolute Gasteiger partial charge is 0.274 e. The van der Waals surface area contributed by atoms with Crippen LogP contribution >= 0.6 is 0 Å². The normalized spacial score (nSPS) is 16.2. The summed E-state index contributed by atoms with van der Waals surface area (Å²) >= 11 is 0. The number of hydrogen-bond acceptors (Lipinski definition) is 5. The van der Waals surface area contributed by atoms with Crippen molar-refractivity contribution >= 4 is 11.8 Å². The van der Waals surface area contributed by atoms with Crippen molar-refractivity contribution in [2.45, 2.75) is 45.9 Å². The second-order valence-corrected chi connectivity index (χ2v) is 7.09. The predicted molar refractivity (Wildman–Crippen MR) is 101 cm³/mol. The highest BCUT2D eigenvalue weighted by Gasteiger charge is 2.29. The number of amides is 2. The predicted octanol–water partition coefficient (Wildman–Crippen LogP) is 0.838. The second kappa shape index (κ2) is 8.14. The SMILES string of the molecule is CCn1nccc1C(=O)NCCn1nc(C(=O)N2CCCC2)c2c1CCOC2. The van der Waals surface area contributed by atoms with Crippen LogP contribution in [0.3, 0.4) is 0 Å². The Morgan fingerprint density at radius 3 is 2.86 bits per heavy atom. The van der Waals surface area contributed by atoms with Crippen LogP contribution in [0, 0.1) is 0 Å². The molecule has 9 heteroatoms. The Morgan fingerprint density at radius 1 is 1.25 bits per heavy atom. The molecule has 2 aromatic heterocycles. The summed E-state index contributed by atoms with van der Waals surface area (Å²) in [7, 11) is 0. The van der Waals surface area contributed by atoms with Crippen molar-refractivity contribution in [1.82, 2.24) is 29.8 Å². The molecule has 2 aliphatic rings. The molecule has 0 unspecified atom stereocenters. The molecule has 2 amide bonds. The van der Waals surface area contributed by atoms with Crippen molar-refractivity contribution in [3.63, 3.8) is 0 Å². The van der Waals surface area contributed by atoms with Gasteiger partial charge in [0.1, 0.15) is 5.69 Å². The molecule has 150 valence electrons. The zero-order chi connectivity index (χ0) is 19.5. The lowest BCUT2D eigenvalue weighted by atomic mass is 10.1. The number of rotatable bonds is 6. The molecule has 0 radical (unpaired) electrons. The van der Waals surface area contributed by atoms with Gasteiger partial charge in [0.15, 0.2) is 5.69 Å². The molecule has 0 aromatic carbocycles. The molecule has 4 heterocycles. The Balaban J connectivity index is 1.45. The minimum atomic E-state index is -0.155. The van der Waals surface area contributed by atoms with Crippen LogP contribution in [0.1, 0.15) is 52.0 Å². The minimum Gasteiger partial charge on any atom is -0.376 e. The third-order valence-corrected chi connectivity index (χ3v) is 5.35. The maximum Gasteiger partial charge on any atom is 0.274 e. The first-order valence-electron chi connectivity index (χ1n) is 9.94. The summed E-state index contributed by atoms with van der Waals surface area (Å²) < 4.78 is 9.10. The standard InChI is InChI=1S/C19H26N6O3/c1-2-24-16(5-7-21-24)18(26)20-8-11-25-15-6-12-28-13-14(15)17(22-25)19(27)23-9-3-4-10-23/h5,7H,2-4,6,8-13H2,1H3,(H,20,26). The van der Waals surface area contributed by atoms with Gasteiger partial charge in [0.05, 0.1) is 19.8 Å². The summed E-state index contributed by atoms with van der Waals surface area (Å²) in [6.45, 7) is 6.17. The molecule has 4 rings (SSSR count). The summed E-state index contributed by atoms with van der Waals surface area (Å²) in [4.78, 5) is 27.1. The van der Waals surface area contributed by atoms with Gasteiger partial charge in [-0.05, 0) is 25.8 Å². The van der Waals surface area contributed by atoms with Crippen LogP contribution in [0.25, 0.3) is 0 Å². The maximum absolute atomic E-state index is 12.9. The average Bonchev–Trinajstić information content (AvgIpc) is 3.47. The number of hydrogen-bond donors (Lipinski definition) is 1. The van der Waals surface area contributed by atoms with Gasteiger partial charge in [0.25, 0.3) is 11.8 Å². The highest BCUT2D eigenvalue weighted by Crippen LogP contribution is 2.23. The summed E-state index contributed by atoms with van der Waals surface area (Å²) in [6, 6.07) is 1.71. The summed E-state index contributed by atoms with van der Waals surface area (Å²) in [5.41, 5.74) is 3.00. The number of aromatic nitrogens is 4. The molecule has 1 saturated heterocycles. The summed E-state index contributed by atoms with van der Waals surface area (Å²) in [5.74, 6) is -0.161. The van der Waals surface area contributed by atoms with Crippen molar-refractivity contribution in [2.75, 3.05) is 26.2 Å². The van der Waals surface area contributed by atoms with Gasteiger partial charge in [0, 0.05) is 50.1 Å². The Morgan fingerprint density at radius 2 is 2.07 bits per heavy atom. The molecule has 1 N–H and O–H groups in total. The van der Waals surface area contributed by atoms with Crippen molar-refractivity contribution in [2.24, 2.45) is 0 Å². The van der Waals surface area contributed by atoms with Gasteiger partial charge in [0.2, 0.25) is 0 Å². The van der Waals surface area contributed by atoms with E-state index in [-0.39, 0.29) is 11.8 Å². The topological polar surface area (TPSA) is 94.3 Å². The van der Waals surface area contributed by atoms with Crippen LogP contribution in [0.15, 0.2) is 12.3 Å². The number of ether oxygens (including phenoxy) is 1. The van der Waals surface area contributed by atoms with Gasteiger partial charge >= 0.3 is 0 Å². The van der Waals surface area contributed by atoms with Gasteiger partial charge in [-0.2, -0.15) is 10.2 Å². The monoisotopic (exact) mass is 386 g/mol. The Bertz CT molecular complexity index is 865. The third-order valence-electron chi connectivity index (χ3n) is 5.35. The summed E-state index contributed by atoms with van der Waals surface area (Å²) in [5, 5.41) is 11.7. The van der Waals surface area contributed by atoms with Gasteiger partial charge in [-0.1, -0.05) is 0 Å². The van der Waals surface area contributed by atoms with E-state index in [0.717, 1.165) is 43.6 Å². The Hall–Kier alpha value is -2.68. The third kappa shape index (κ3) is 3.54. The second-order valence-electron chi connectivity index (χ2n) is 7.09. The molecule has 0 spiro atoms. The van der Waals surface area contributed by atoms with Crippen molar-refractivity contribution in [3.8, 4) is 0 Å². The van der Waals surface area contributed by atoms with Gasteiger partial charge in [-0.15, -0.1) is 0 Å². The average molecular weight is 386 g/mol. The number of nitrogens with zero attached hydrogens (tertiary/aromatic N) is 5. The van der Waals surface area contributed by atoms with E-state index in [0.29, 0.717) is 44.2 Å². The fraction of sp³-hybridized carbons (Fsp3) is 0.579. The molecule has 1 fully saturated rings. The fourth-order valence-corrected chi connectivity index (χ4v) is 3.88. The van der Waals surface area contributed by atoms with Gasteiger partial charge in [-0.3, -0.25) is 19.0 Å². The molecule has 0 aliphatic carbocycles. The lowest BCUT2D eigenvalue weighted by molar-refractivity contribution is 0.0772. The molecule has 2 aromatic rings. The van der Waals surface area contributed by atoms with Crippen molar-refractivity contribution in [1.29, 1.82) is 0 Å². The van der Waals surface area contributed by atoms with E-state index in [4.69, 9.17) is 4.74 Å². The van der Waals surface area contributed by atoms with E-state index < -0.39 is 0 Å². The van der Waals surface area contributed by atoms with Crippen molar-refractivity contribution < 1.29 is 14.3 Å². The van der Waals surface area contributed by atoms with Crippen LogP contribution in [-0.2, 0) is 30.9 Å². The van der Waals surface area contributed by atoms with Crippen molar-refractivity contribution in [3.05, 3.63) is 34.9 Å². The molecule has 28 heavy (non-hydrogen) atoms. The van der Waals surface area contributed by atoms with E-state index in [9.17, 15) is 9.59 Å². The van der Waals surface area contributed by atoms with E-state index in [2.05, 4.69) is 15.5 Å². The molecule has 2 aliphatic heterocycles. The lowest BCUT2D eigenvalue weighted by Gasteiger charge is -2.17. The first kappa shape index (κ1) is 18.7.